The third-order valence-electron chi connectivity index (χ3n) is 7.88. The number of halogens is 1. The lowest BCUT2D eigenvalue weighted by Gasteiger charge is -2.25. The van der Waals surface area contributed by atoms with E-state index in [9.17, 15) is 14.0 Å². The molecule has 1 aliphatic rings. The summed E-state index contributed by atoms with van der Waals surface area (Å²) in [4.78, 5) is 30.9. The van der Waals surface area contributed by atoms with Gasteiger partial charge < -0.3 is 19.1 Å². The summed E-state index contributed by atoms with van der Waals surface area (Å²) in [5.41, 5.74) is 3.11. The van der Waals surface area contributed by atoms with Crippen LogP contribution < -0.4 is 9.64 Å². The van der Waals surface area contributed by atoms with Crippen molar-refractivity contribution < 1.29 is 28.2 Å². The van der Waals surface area contributed by atoms with E-state index in [0.29, 0.717) is 30.3 Å². The van der Waals surface area contributed by atoms with Gasteiger partial charge in [-0.25, -0.2) is 4.39 Å². The van der Waals surface area contributed by atoms with E-state index in [4.69, 9.17) is 14.2 Å². The van der Waals surface area contributed by atoms with Gasteiger partial charge in [-0.15, -0.1) is 0 Å². The Morgan fingerprint density at radius 1 is 0.933 bits per heavy atom. The molecular weight excluding hydrogens is 571 g/mol. The van der Waals surface area contributed by atoms with Crippen LogP contribution in [0.25, 0.3) is 0 Å². The second-order valence-electron chi connectivity index (χ2n) is 11.4. The summed E-state index contributed by atoms with van der Waals surface area (Å²) >= 11 is 0. The molecule has 0 radical (unpaired) electrons. The summed E-state index contributed by atoms with van der Waals surface area (Å²) in [5, 5.41) is 0. The van der Waals surface area contributed by atoms with E-state index in [0.717, 1.165) is 57.6 Å². The van der Waals surface area contributed by atoms with Crippen LogP contribution >= 0.6 is 0 Å². The predicted molar refractivity (Wildman–Crippen MR) is 175 cm³/mol. The topological polar surface area (TPSA) is 68.3 Å². The van der Waals surface area contributed by atoms with Gasteiger partial charge in [0.2, 0.25) is 5.91 Å². The minimum absolute atomic E-state index is 0.0351. The van der Waals surface area contributed by atoms with Gasteiger partial charge in [0.05, 0.1) is 25.7 Å². The molecule has 7 nitrogen and oxygen atoms in total. The van der Waals surface area contributed by atoms with Gasteiger partial charge in [0.15, 0.2) is 0 Å². The molecule has 0 aliphatic carbocycles. The zero-order chi connectivity index (χ0) is 31.9. The maximum absolute atomic E-state index is 13.8. The van der Waals surface area contributed by atoms with Gasteiger partial charge in [0.25, 0.3) is 0 Å². The highest BCUT2D eigenvalue weighted by Gasteiger charge is 2.27. The van der Waals surface area contributed by atoms with E-state index in [-0.39, 0.29) is 30.5 Å². The number of anilines is 1. The average molecular weight is 617 g/mol. The zero-order valence-electron chi connectivity index (χ0n) is 26.5. The third-order valence-corrected chi connectivity index (χ3v) is 7.88. The lowest BCUT2D eigenvalue weighted by molar-refractivity contribution is -0.130. The number of hydrogen-bond acceptors (Lipinski definition) is 6. The summed E-state index contributed by atoms with van der Waals surface area (Å²) in [6.45, 7) is 6.02. The Hall–Kier alpha value is -3.85. The van der Waals surface area contributed by atoms with Crippen LogP contribution in [-0.4, -0.2) is 63.1 Å². The first kappa shape index (κ1) is 34.0. The van der Waals surface area contributed by atoms with Crippen LogP contribution in [0.3, 0.4) is 0 Å². The maximum Gasteiger partial charge on any atom is 0.232 e. The molecule has 1 atom stereocenters. The smallest absolute Gasteiger partial charge is 0.232 e. The first-order valence-corrected chi connectivity index (χ1v) is 15.8. The van der Waals surface area contributed by atoms with Gasteiger partial charge in [0.1, 0.15) is 23.1 Å². The molecule has 0 saturated heterocycles. The number of carbonyl (C=O) groups is 2. The first-order valence-electron chi connectivity index (χ1n) is 15.8. The van der Waals surface area contributed by atoms with E-state index in [1.807, 2.05) is 37.3 Å². The fourth-order valence-electron chi connectivity index (χ4n) is 5.37. The number of benzene rings is 3. The van der Waals surface area contributed by atoms with Gasteiger partial charge in [-0.1, -0.05) is 42.0 Å². The molecule has 240 valence electrons. The predicted octanol–water partition coefficient (Wildman–Crippen LogP) is 7.21. The van der Waals surface area contributed by atoms with Crippen molar-refractivity contribution in [1.82, 2.24) is 4.90 Å². The van der Waals surface area contributed by atoms with Crippen LogP contribution in [-0.2, 0) is 25.7 Å². The van der Waals surface area contributed by atoms with Crippen molar-refractivity contribution >= 4 is 17.4 Å². The number of ketones is 1. The van der Waals surface area contributed by atoms with Crippen LogP contribution in [0.15, 0.2) is 90.5 Å². The van der Waals surface area contributed by atoms with Crippen molar-refractivity contribution in [2.45, 2.75) is 45.6 Å². The molecule has 0 fully saturated rings. The highest BCUT2D eigenvalue weighted by molar-refractivity contribution is 5.97. The number of ether oxygens (including phenoxy) is 3. The van der Waals surface area contributed by atoms with E-state index in [1.54, 1.807) is 48.3 Å². The van der Waals surface area contributed by atoms with Crippen LogP contribution in [0.4, 0.5) is 10.1 Å². The van der Waals surface area contributed by atoms with Crippen LogP contribution in [0, 0.1) is 11.7 Å². The van der Waals surface area contributed by atoms with Crippen LogP contribution in [0.2, 0.25) is 0 Å². The van der Waals surface area contributed by atoms with Gasteiger partial charge >= 0.3 is 0 Å². The number of carbonyl (C=O) groups excluding carboxylic acids is 2. The summed E-state index contributed by atoms with van der Waals surface area (Å²) < 4.78 is 30.5. The Balaban J connectivity index is 1.35. The molecule has 3 aromatic rings. The Morgan fingerprint density at radius 3 is 2.36 bits per heavy atom. The minimum Gasteiger partial charge on any atom is -0.457 e. The number of amides is 1. The van der Waals surface area contributed by atoms with Crippen molar-refractivity contribution in [3.8, 4) is 11.5 Å². The van der Waals surface area contributed by atoms with Crippen molar-refractivity contribution in [1.29, 1.82) is 0 Å². The van der Waals surface area contributed by atoms with Gasteiger partial charge in [-0.3, -0.25) is 14.5 Å². The van der Waals surface area contributed by atoms with E-state index in [1.165, 1.54) is 17.7 Å². The Labute approximate surface area is 266 Å². The maximum atomic E-state index is 13.8. The molecule has 1 unspecified atom stereocenters. The average Bonchev–Trinajstić information content (AvgIpc) is 3.28. The first-order chi connectivity index (χ1) is 21.9. The number of hydrogen-bond donors (Lipinski definition) is 0. The van der Waals surface area contributed by atoms with Gasteiger partial charge in [-0.2, -0.15) is 0 Å². The molecule has 0 saturated carbocycles. The molecule has 0 aromatic heterocycles. The highest BCUT2D eigenvalue weighted by Crippen LogP contribution is 2.26. The van der Waals surface area contributed by atoms with Crippen molar-refractivity contribution in [2.24, 2.45) is 5.92 Å². The zero-order valence-corrected chi connectivity index (χ0v) is 26.5. The normalized spacial score (nSPS) is 14.3. The van der Waals surface area contributed by atoms with Crippen molar-refractivity contribution in [2.75, 3.05) is 51.4 Å². The molecule has 0 spiro atoms. The monoisotopic (exact) mass is 616 g/mol. The molecular formula is C37H45FN2O5. The largest absolute Gasteiger partial charge is 0.457 e. The molecule has 1 aliphatic heterocycles. The summed E-state index contributed by atoms with van der Waals surface area (Å²) in [5.74, 6) is -0.0271. The molecule has 8 heteroatoms. The van der Waals surface area contributed by atoms with Gasteiger partial charge in [-0.05, 0) is 86.7 Å². The SMILES string of the molecule is CCOCCCC1=CCCN(CC(=O)CC(COCc2ccccc2)C(=O)N(C)c2ccc(Oc3ccc(F)cc3)cc2)CC1. The number of nitrogens with zero attached hydrogens (tertiary/aromatic N) is 2. The Morgan fingerprint density at radius 2 is 1.64 bits per heavy atom. The summed E-state index contributed by atoms with van der Waals surface area (Å²) in [6, 6.07) is 22.7. The fourth-order valence-corrected chi connectivity index (χ4v) is 5.37. The highest BCUT2D eigenvalue weighted by atomic mass is 19.1. The second kappa shape index (κ2) is 18.2. The Bertz CT molecular complexity index is 1360. The lowest BCUT2D eigenvalue weighted by atomic mass is 10.0. The van der Waals surface area contributed by atoms with Crippen LogP contribution in [0.1, 0.15) is 44.6 Å². The van der Waals surface area contributed by atoms with E-state index >= 15 is 0 Å². The molecule has 3 aromatic carbocycles. The Kier molecular flexibility index (Phi) is 13.8. The standard InChI is InChI=1S/C37H45FN2O5/c1-3-43-24-8-12-29-11-7-22-40(23-21-29)26-34(41)25-31(28-44-27-30-9-5-4-6-10-30)37(42)39(2)33-15-19-36(20-16-33)45-35-17-13-32(38)14-18-35/h4-6,9-11,13-20,31H,3,7-8,12,21-28H2,1-2H3. The summed E-state index contributed by atoms with van der Waals surface area (Å²) in [6.07, 6.45) is 6.33. The second-order valence-corrected chi connectivity index (χ2v) is 11.4. The van der Waals surface area contributed by atoms with E-state index in [2.05, 4.69) is 11.0 Å². The van der Waals surface area contributed by atoms with Crippen LogP contribution in [0.5, 0.6) is 11.5 Å². The lowest BCUT2D eigenvalue weighted by Crippen LogP contribution is -2.38. The van der Waals surface area contributed by atoms with Crippen molar-refractivity contribution in [3.05, 3.63) is 102 Å². The number of rotatable bonds is 17. The molecule has 0 bridgehead atoms. The third kappa shape index (κ3) is 11.5. The molecule has 1 amide bonds. The summed E-state index contributed by atoms with van der Waals surface area (Å²) in [7, 11) is 1.71. The molecule has 1 heterocycles. The quantitative estimate of drug-likeness (QED) is 0.118. The molecule has 45 heavy (non-hydrogen) atoms. The number of Topliss-reactive ketones (excluding diaryl/α,β-unsaturated/α-hetero) is 1. The van der Waals surface area contributed by atoms with Gasteiger partial charge in [0, 0.05) is 45.5 Å². The van der Waals surface area contributed by atoms with Crippen molar-refractivity contribution in [3.63, 3.8) is 0 Å². The molecule has 0 N–H and O–H groups in total. The fraction of sp³-hybridized carbons (Fsp3) is 0.405. The minimum atomic E-state index is -0.624. The molecule has 4 rings (SSSR count). The van der Waals surface area contributed by atoms with E-state index < -0.39 is 5.92 Å².